The van der Waals surface area contributed by atoms with Crippen molar-refractivity contribution in [1.82, 2.24) is 15.0 Å². The monoisotopic (exact) mass is 427 g/mol. The molecule has 1 N–H and O–H groups in total. The Morgan fingerprint density at radius 1 is 1.10 bits per heavy atom. The van der Waals surface area contributed by atoms with Crippen LogP contribution >= 0.6 is 11.3 Å². The number of carboxylic acids is 1. The van der Waals surface area contributed by atoms with Gasteiger partial charge in [-0.2, -0.15) is 4.98 Å². The predicted octanol–water partition coefficient (Wildman–Crippen LogP) is 5.25. The molecule has 2 heterocycles. The third-order valence-electron chi connectivity index (χ3n) is 5.46. The van der Waals surface area contributed by atoms with Crippen molar-refractivity contribution in [2.24, 2.45) is 0 Å². The van der Waals surface area contributed by atoms with Crippen LogP contribution in [-0.4, -0.2) is 39.2 Å². The van der Waals surface area contributed by atoms with E-state index in [0.29, 0.717) is 18.1 Å². The maximum Gasteiger partial charge on any atom is 0.303 e. The van der Waals surface area contributed by atoms with E-state index in [9.17, 15) is 4.79 Å². The molecule has 2 aromatic heterocycles. The molecule has 1 aromatic carbocycles. The first kappa shape index (κ1) is 22.2. The predicted molar refractivity (Wildman–Crippen MR) is 120 cm³/mol. The van der Waals surface area contributed by atoms with Crippen molar-refractivity contribution in [2.45, 2.75) is 54.0 Å². The van der Waals surface area contributed by atoms with Crippen LogP contribution in [0.15, 0.2) is 22.7 Å². The zero-order valence-electron chi connectivity index (χ0n) is 18.3. The molecule has 0 fully saturated rings. The molecule has 0 amide bonds. The smallest absolute Gasteiger partial charge is 0.303 e. The van der Waals surface area contributed by atoms with Crippen LogP contribution in [0.25, 0.3) is 22.2 Å². The Morgan fingerprint density at radius 2 is 1.77 bits per heavy atom. The van der Waals surface area contributed by atoms with Gasteiger partial charge < -0.3 is 9.63 Å². The Balaban J connectivity index is 1.84. The Kier molecular flexibility index (Phi) is 7.05. The largest absolute Gasteiger partial charge is 0.481 e. The number of hydrogen-bond donors (Lipinski definition) is 1. The second kappa shape index (κ2) is 9.53. The third kappa shape index (κ3) is 4.96. The lowest BCUT2D eigenvalue weighted by Crippen LogP contribution is -2.21. The van der Waals surface area contributed by atoms with Gasteiger partial charge in [0.05, 0.1) is 4.88 Å². The lowest BCUT2D eigenvalue weighted by atomic mass is 9.95. The van der Waals surface area contributed by atoms with Gasteiger partial charge in [-0.15, -0.1) is 11.3 Å². The molecule has 0 radical (unpaired) electrons. The van der Waals surface area contributed by atoms with Crippen molar-refractivity contribution in [2.75, 3.05) is 13.1 Å². The molecule has 0 saturated carbocycles. The minimum atomic E-state index is -0.785. The van der Waals surface area contributed by atoms with Gasteiger partial charge in [0.1, 0.15) is 0 Å². The fourth-order valence-corrected chi connectivity index (χ4v) is 4.76. The zero-order chi connectivity index (χ0) is 21.8. The average molecular weight is 428 g/mol. The number of nitrogens with zero attached hydrogens (tertiary/aromatic N) is 3. The van der Waals surface area contributed by atoms with Crippen LogP contribution in [0.4, 0.5) is 0 Å². The second-order valence-electron chi connectivity index (χ2n) is 7.58. The number of thiophene rings is 1. The average Bonchev–Trinajstić information content (AvgIpc) is 3.32. The van der Waals surface area contributed by atoms with Crippen LogP contribution in [0.1, 0.15) is 47.4 Å². The molecule has 30 heavy (non-hydrogen) atoms. The van der Waals surface area contributed by atoms with Crippen molar-refractivity contribution >= 4 is 17.3 Å². The summed E-state index contributed by atoms with van der Waals surface area (Å²) in [5, 5.41) is 13.2. The third-order valence-corrected chi connectivity index (χ3v) is 6.67. The minimum absolute atomic E-state index is 0.126. The van der Waals surface area contributed by atoms with Crippen LogP contribution in [0.5, 0.6) is 0 Å². The van der Waals surface area contributed by atoms with E-state index in [4.69, 9.17) is 9.63 Å². The highest BCUT2D eigenvalue weighted by molar-refractivity contribution is 7.15. The van der Waals surface area contributed by atoms with Crippen molar-refractivity contribution in [3.8, 4) is 22.2 Å². The van der Waals surface area contributed by atoms with Gasteiger partial charge in [0.2, 0.25) is 5.82 Å². The first-order valence-corrected chi connectivity index (χ1v) is 11.1. The zero-order valence-corrected chi connectivity index (χ0v) is 19.1. The topological polar surface area (TPSA) is 79.5 Å². The molecule has 0 atom stereocenters. The van der Waals surface area contributed by atoms with Crippen LogP contribution < -0.4 is 0 Å². The van der Waals surface area contributed by atoms with Gasteiger partial charge in [-0.25, -0.2) is 0 Å². The standard InChI is InChI=1S/C23H29N3O3S/c1-6-26(7-2)13-20-16(5)12-19(30-20)23-24-22(25-29-23)17-10-14(3)18(15(4)11-17)8-9-21(27)28/h10-12H,6-9,13H2,1-5H3,(H,27,28). The summed E-state index contributed by atoms with van der Waals surface area (Å²) >= 11 is 1.70. The Labute approximate surface area is 181 Å². The molecule has 0 aliphatic rings. The van der Waals surface area contributed by atoms with Crippen LogP contribution in [0.2, 0.25) is 0 Å². The van der Waals surface area contributed by atoms with Gasteiger partial charge >= 0.3 is 5.97 Å². The van der Waals surface area contributed by atoms with E-state index in [1.165, 1.54) is 10.4 Å². The summed E-state index contributed by atoms with van der Waals surface area (Å²) in [6, 6.07) is 6.13. The van der Waals surface area contributed by atoms with E-state index in [2.05, 4.69) is 41.9 Å². The number of aliphatic carboxylic acids is 1. The summed E-state index contributed by atoms with van der Waals surface area (Å²) < 4.78 is 5.58. The molecule has 6 nitrogen and oxygen atoms in total. The van der Waals surface area contributed by atoms with E-state index >= 15 is 0 Å². The molecule has 7 heteroatoms. The molecule has 0 bridgehead atoms. The first-order valence-electron chi connectivity index (χ1n) is 10.3. The number of hydrogen-bond acceptors (Lipinski definition) is 6. The molecule has 0 saturated heterocycles. The number of aryl methyl sites for hydroxylation is 3. The van der Waals surface area contributed by atoms with E-state index in [-0.39, 0.29) is 6.42 Å². The molecular formula is C23H29N3O3S. The SMILES string of the molecule is CCN(CC)Cc1sc(-c2nc(-c3cc(C)c(CCC(=O)O)c(C)c3)no2)cc1C. The summed E-state index contributed by atoms with van der Waals surface area (Å²) in [5.74, 6) is 0.304. The molecule has 3 aromatic rings. The molecule has 160 valence electrons. The van der Waals surface area contributed by atoms with Crippen molar-refractivity contribution < 1.29 is 14.4 Å². The number of aromatic nitrogens is 2. The summed E-state index contributed by atoms with van der Waals surface area (Å²) in [4.78, 5) is 20.2. The number of benzene rings is 1. The van der Waals surface area contributed by atoms with E-state index in [1.54, 1.807) is 11.3 Å². The van der Waals surface area contributed by atoms with Crippen molar-refractivity contribution in [3.05, 3.63) is 45.3 Å². The van der Waals surface area contributed by atoms with Gasteiger partial charge in [-0.1, -0.05) is 19.0 Å². The van der Waals surface area contributed by atoms with Gasteiger partial charge in [-0.05, 0) is 80.7 Å². The van der Waals surface area contributed by atoms with E-state index < -0.39 is 5.97 Å². The number of carbonyl (C=O) groups is 1. The minimum Gasteiger partial charge on any atom is -0.481 e. The van der Waals surface area contributed by atoms with Gasteiger partial charge in [0.15, 0.2) is 0 Å². The maximum absolute atomic E-state index is 10.9. The molecule has 0 aliphatic heterocycles. The summed E-state index contributed by atoms with van der Waals surface area (Å²) in [6.07, 6.45) is 0.648. The number of carboxylic acid groups (broad SMARTS) is 1. The quantitative estimate of drug-likeness (QED) is 0.502. The highest BCUT2D eigenvalue weighted by atomic mass is 32.1. The van der Waals surface area contributed by atoms with Crippen LogP contribution in [0.3, 0.4) is 0 Å². The summed E-state index contributed by atoms with van der Waals surface area (Å²) in [7, 11) is 0. The highest BCUT2D eigenvalue weighted by Gasteiger charge is 2.17. The lowest BCUT2D eigenvalue weighted by Gasteiger charge is -2.17. The van der Waals surface area contributed by atoms with E-state index in [1.807, 2.05) is 26.0 Å². The molecule has 0 unspecified atom stereocenters. The Hall–Kier alpha value is -2.51. The van der Waals surface area contributed by atoms with Crippen LogP contribution in [-0.2, 0) is 17.8 Å². The van der Waals surface area contributed by atoms with Gasteiger partial charge in [-0.3, -0.25) is 9.69 Å². The summed E-state index contributed by atoms with van der Waals surface area (Å²) in [5.41, 5.74) is 5.30. The van der Waals surface area contributed by atoms with Crippen LogP contribution in [0, 0.1) is 20.8 Å². The molecule has 0 spiro atoms. The van der Waals surface area contributed by atoms with Gasteiger partial charge in [0.25, 0.3) is 5.89 Å². The molecule has 3 rings (SSSR count). The normalized spacial score (nSPS) is 11.4. The summed E-state index contributed by atoms with van der Waals surface area (Å²) in [6.45, 7) is 13.4. The fraction of sp³-hybridized carbons (Fsp3) is 0.435. The maximum atomic E-state index is 10.9. The highest BCUT2D eigenvalue weighted by Crippen LogP contribution is 2.33. The fourth-order valence-electron chi connectivity index (χ4n) is 3.62. The molecule has 0 aliphatic carbocycles. The first-order chi connectivity index (χ1) is 14.3. The second-order valence-corrected chi connectivity index (χ2v) is 8.72. The Morgan fingerprint density at radius 3 is 2.37 bits per heavy atom. The molecular weight excluding hydrogens is 398 g/mol. The Bertz CT molecular complexity index is 1010. The van der Waals surface area contributed by atoms with E-state index in [0.717, 1.165) is 46.8 Å². The van der Waals surface area contributed by atoms with Gasteiger partial charge in [0, 0.05) is 23.4 Å². The van der Waals surface area contributed by atoms with Crippen molar-refractivity contribution in [1.29, 1.82) is 0 Å². The number of rotatable bonds is 9. The van der Waals surface area contributed by atoms with Crippen molar-refractivity contribution in [3.63, 3.8) is 0 Å². The lowest BCUT2D eigenvalue weighted by molar-refractivity contribution is -0.136.